The van der Waals surface area contributed by atoms with E-state index in [-0.39, 0.29) is 0 Å². The first-order valence-corrected chi connectivity index (χ1v) is 34.8. The van der Waals surface area contributed by atoms with Gasteiger partial charge in [0.2, 0.25) is 22.1 Å². The quantitative estimate of drug-likeness (QED) is 0.239. The van der Waals surface area contributed by atoms with Crippen LogP contribution in [0.5, 0.6) is 0 Å². The van der Waals surface area contributed by atoms with E-state index >= 15 is 0 Å². The minimum absolute atomic E-state index is 0.442. The van der Waals surface area contributed by atoms with Gasteiger partial charge in [-0.25, -0.2) is 0 Å². The third-order valence-electron chi connectivity index (χ3n) is 10.5. The second kappa shape index (κ2) is 9.25. The molecule has 200 valence electrons. The minimum atomic E-state index is -1.75. The fourth-order valence-electron chi connectivity index (χ4n) is 4.30. The van der Waals surface area contributed by atoms with Gasteiger partial charge in [0, 0.05) is 0 Å². The second-order valence-corrected chi connectivity index (χ2v) is 71.2. The fourth-order valence-corrected chi connectivity index (χ4v) is 260. The van der Waals surface area contributed by atoms with E-state index in [1.54, 1.807) is 0 Å². The van der Waals surface area contributed by atoms with E-state index < -0.39 is 22.1 Å². The Hall–Kier alpha value is 2.97. The van der Waals surface area contributed by atoms with Crippen molar-refractivity contribution < 1.29 is 0 Å². The van der Waals surface area contributed by atoms with E-state index in [4.69, 9.17) is 0 Å². The van der Waals surface area contributed by atoms with E-state index in [9.17, 15) is 0 Å². The Morgan fingerprint density at radius 3 is 0.529 bits per heavy atom. The van der Waals surface area contributed by atoms with Gasteiger partial charge in [0.1, 0.15) is 0 Å². The summed E-state index contributed by atoms with van der Waals surface area (Å²) in [5.41, 5.74) is -6.99. The molecule has 4 heterocycles. The second-order valence-electron chi connectivity index (χ2n) is 14.3. The number of rotatable bonds is 8. The number of hydrogen-bond donors (Lipinski definition) is 0. The lowest BCUT2D eigenvalue weighted by molar-refractivity contribution is 0.469. The predicted octanol–water partition coefficient (Wildman–Crippen LogP) is 11.9. The lowest BCUT2D eigenvalue weighted by Crippen LogP contribution is -2.73. The summed E-state index contributed by atoms with van der Waals surface area (Å²) in [4.78, 5) is 0. The Morgan fingerprint density at radius 1 is 0.324 bits per heavy atom. The molecule has 0 aromatic heterocycles. The standard InChI is InChI=1S/C24H52S6Si4/c1-17(2)21(9,10)31-25-32(22(11,12)18(3)4)28-33(26-31,23(13,14)19(5)6)30-34(27-31,29-32)24(15,16)20(7)8/h17-20H,1-16H3. The maximum atomic E-state index is 2.71. The molecular weight excluding hydrogens is 593 g/mol. The summed E-state index contributed by atoms with van der Waals surface area (Å²) in [6, 6.07) is 0. The van der Waals surface area contributed by atoms with Crippen LogP contribution < -0.4 is 0 Å². The molecule has 0 saturated carbocycles. The Bertz CT molecular complexity index is 640. The van der Waals surface area contributed by atoms with Crippen LogP contribution >= 0.6 is 64.0 Å². The highest BCUT2D eigenvalue weighted by molar-refractivity contribution is 9.35. The first-order valence-electron chi connectivity index (χ1n) is 13.2. The minimum Gasteiger partial charge on any atom is -0.163 e. The molecule has 0 radical (unpaired) electrons. The first-order chi connectivity index (χ1) is 15.0. The third-order valence-corrected chi connectivity index (χ3v) is 134. The molecule has 0 aliphatic carbocycles. The highest BCUT2D eigenvalue weighted by Gasteiger charge is 2.85. The zero-order valence-corrected chi connectivity index (χ0v) is 33.7. The third kappa shape index (κ3) is 4.12. The van der Waals surface area contributed by atoms with Crippen molar-refractivity contribution in [2.45, 2.75) is 131 Å². The van der Waals surface area contributed by atoms with Crippen LogP contribution in [0.2, 0.25) is 20.2 Å². The molecule has 34 heavy (non-hydrogen) atoms. The van der Waals surface area contributed by atoms with Gasteiger partial charge >= 0.3 is 0 Å². The van der Waals surface area contributed by atoms with Crippen molar-refractivity contribution in [3.05, 3.63) is 0 Å². The van der Waals surface area contributed by atoms with E-state index in [1.807, 2.05) is 0 Å². The molecule has 4 rings (SSSR count). The average Bonchev–Trinajstić information content (AvgIpc) is 2.65. The molecule has 4 saturated heterocycles. The Labute approximate surface area is 238 Å². The van der Waals surface area contributed by atoms with Crippen molar-refractivity contribution in [1.82, 2.24) is 0 Å². The largest absolute Gasteiger partial charge is 0.231 e. The van der Waals surface area contributed by atoms with Gasteiger partial charge < -0.3 is 0 Å². The normalized spacial score (nSPS) is 37.1. The van der Waals surface area contributed by atoms with E-state index in [1.165, 1.54) is 0 Å². The summed E-state index contributed by atoms with van der Waals surface area (Å²) < 4.78 is 0. The Kier molecular flexibility index (Phi) is 8.56. The van der Waals surface area contributed by atoms with E-state index in [0.29, 0.717) is 20.2 Å². The average molecular weight is 645 g/mol. The molecule has 0 N–H and O–H groups in total. The van der Waals surface area contributed by atoms with E-state index in [0.717, 1.165) is 23.7 Å². The fraction of sp³-hybridized carbons (Fsp3) is 1.00. The van der Waals surface area contributed by atoms with Gasteiger partial charge in [-0.15, -0.1) is 0 Å². The molecule has 4 aliphatic rings. The zero-order chi connectivity index (χ0) is 26.6. The molecule has 0 aromatic carbocycles. The maximum Gasteiger partial charge on any atom is 0.231 e. The van der Waals surface area contributed by atoms with Gasteiger partial charge in [-0.3, -0.25) is 0 Å². The van der Waals surface area contributed by atoms with Crippen LogP contribution in [-0.4, -0.2) is 22.1 Å². The monoisotopic (exact) mass is 644 g/mol. The Balaban J connectivity index is 2.44. The highest BCUT2D eigenvalue weighted by atomic mass is 33.2. The van der Waals surface area contributed by atoms with Crippen molar-refractivity contribution >= 4 is 86.1 Å². The van der Waals surface area contributed by atoms with Gasteiger partial charge in [0.15, 0.2) is 0 Å². The summed E-state index contributed by atoms with van der Waals surface area (Å²) in [5.74, 6) is 2.99. The van der Waals surface area contributed by atoms with Crippen LogP contribution in [0.15, 0.2) is 0 Å². The molecule has 0 aromatic rings. The molecule has 0 amide bonds. The van der Waals surface area contributed by atoms with Crippen molar-refractivity contribution in [2.75, 3.05) is 0 Å². The summed E-state index contributed by atoms with van der Waals surface area (Å²) in [5, 5.41) is 1.77. The molecule has 0 atom stereocenters. The zero-order valence-electron chi connectivity index (χ0n) is 24.8. The molecule has 10 heteroatoms. The van der Waals surface area contributed by atoms with Gasteiger partial charge in [-0.05, 0) is 43.8 Å². The van der Waals surface area contributed by atoms with Crippen LogP contribution in [0.1, 0.15) is 111 Å². The maximum absolute atomic E-state index is 2.71. The predicted molar refractivity (Wildman–Crippen MR) is 184 cm³/mol. The topological polar surface area (TPSA) is 0 Å². The summed E-state index contributed by atoms with van der Waals surface area (Å²) in [6.45, 7) is 42.1. The van der Waals surface area contributed by atoms with E-state index in [2.05, 4.69) is 175 Å². The first kappa shape index (κ1) is 31.5. The SMILES string of the molecule is CC(C)C(C)(C)[Si]12S[Si]3(C(C)(C)C(C)C)S[Si](C(C)(C)C(C)C)(S1)S[Si](C(C)(C)C(C)C)(S2)S3. The van der Waals surface area contributed by atoms with Crippen LogP contribution in [-0.2, 0) is 0 Å². The van der Waals surface area contributed by atoms with Gasteiger partial charge in [0.25, 0.3) is 0 Å². The van der Waals surface area contributed by atoms with Crippen LogP contribution in [0.4, 0.5) is 0 Å². The summed E-state index contributed by atoms with van der Waals surface area (Å²) >= 11 is 0. The smallest absolute Gasteiger partial charge is 0.163 e. The Morgan fingerprint density at radius 2 is 0.441 bits per heavy atom. The van der Waals surface area contributed by atoms with Crippen molar-refractivity contribution in [3.63, 3.8) is 0 Å². The van der Waals surface area contributed by atoms with Gasteiger partial charge in [-0.1, -0.05) is 111 Å². The van der Waals surface area contributed by atoms with Crippen LogP contribution in [0.25, 0.3) is 0 Å². The van der Waals surface area contributed by atoms with Gasteiger partial charge in [-0.2, -0.15) is 64.0 Å². The van der Waals surface area contributed by atoms with Crippen molar-refractivity contribution in [3.8, 4) is 0 Å². The van der Waals surface area contributed by atoms with Crippen molar-refractivity contribution in [1.29, 1.82) is 0 Å². The molecule has 0 spiro atoms. The van der Waals surface area contributed by atoms with Crippen LogP contribution in [0.3, 0.4) is 0 Å². The van der Waals surface area contributed by atoms with Crippen LogP contribution in [0, 0.1) is 23.7 Å². The van der Waals surface area contributed by atoms with Crippen molar-refractivity contribution in [2.24, 2.45) is 23.7 Å². The lowest BCUT2D eigenvalue weighted by Gasteiger charge is -2.75. The molecule has 0 unspecified atom stereocenters. The molecular formula is C24H52S6Si4. The van der Waals surface area contributed by atoms with Gasteiger partial charge in [0.05, 0.1) is 0 Å². The molecule has 4 fully saturated rings. The lowest BCUT2D eigenvalue weighted by atomic mass is 9.99. The highest BCUT2D eigenvalue weighted by Crippen LogP contribution is 2.94. The summed E-state index contributed by atoms with van der Waals surface area (Å²) in [6.07, 6.45) is 0. The molecule has 4 aliphatic heterocycles. The number of hydrogen-bond acceptors (Lipinski definition) is 6. The molecule has 4 bridgehead atoms. The molecule has 0 nitrogen and oxygen atoms in total. The summed E-state index contributed by atoms with van der Waals surface area (Å²) in [7, 11) is 16.3.